The Balaban J connectivity index is 2.06. The van der Waals surface area contributed by atoms with Crippen molar-refractivity contribution in [1.82, 2.24) is 20.2 Å². The Morgan fingerprint density at radius 3 is 2.76 bits per heavy atom. The van der Waals surface area contributed by atoms with E-state index in [2.05, 4.69) is 39.1 Å². The molecule has 0 amide bonds. The molecule has 2 rings (SSSR count). The average Bonchev–Trinajstić information content (AvgIpc) is 2.31. The monoisotopic (exact) mass is 235 g/mol. The highest BCUT2D eigenvalue weighted by Gasteiger charge is 2.22. The number of likely N-dealkylation sites (N-methyl/N-ethyl adjacent to an activating group) is 1. The predicted molar refractivity (Wildman–Crippen MR) is 69.1 cm³/mol. The summed E-state index contributed by atoms with van der Waals surface area (Å²) in [6.45, 7) is 6.20. The number of piperazine rings is 1. The zero-order valence-electron chi connectivity index (χ0n) is 10.8. The van der Waals surface area contributed by atoms with Crippen LogP contribution in [0.2, 0.25) is 0 Å². The second-order valence-electron chi connectivity index (χ2n) is 4.70. The van der Waals surface area contributed by atoms with Crippen LogP contribution in [0.1, 0.15) is 12.6 Å². The van der Waals surface area contributed by atoms with Gasteiger partial charge in [0.15, 0.2) is 0 Å². The van der Waals surface area contributed by atoms with E-state index in [1.165, 1.54) is 0 Å². The number of hydrogen-bond acceptors (Lipinski definition) is 5. The van der Waals surface area contributed by atoms with Crippen LogP contribution in [0.3, 0.4) is 0 Å². The van der Waals surface area contributed by atoms with Gasteiger partial charge in [-0.05, 0) is 21.0 Å². The molecule has 1 aliphatic rings. The average molecular weight is 235 g/mol. The molecule has 0 saturated carbocycles. The number of nitrogens with one attached hydrogen (secondary N) is 1. The predicted octanol–water partition coefficient (Wildman–Crippen LogP) is 0.336. The summed E-state index contributed by atoms with van der Waals surface area (Å²) in [5, 5.41) is 3.07. The number of anilines is 1. The third-order valence-electron chi connectivity index (χ3n) is 3.17. The van der Waals surface area contributed by atoms with Crippen molar-refractivity contribution in [3.63, 3.8) is 0 Å². The van der Waals surface area contributed by atoms with Crippen molar-refractivity contribution in [2.75, 3.05) is 38.6 Å². The Labute approximate surface area is 103 Å². The third kappa shape index (κ3) is 2.92. The van der Waals surface area contributed by atoms with E-state index in [0.29, 0.717) is 6.04 Å². The lowest BCUT2D eigenvalue weighted by atomic mass is 10.2. The van der Waals surface area contributed by atoms with Gasteiger partial charge >= 0.3 is 0 Å². The molecule has 1 aliphatic heterocycles. The van der Waals surface area contributed by atoms with E-state index in [0.717, 1.165) is 37.7 Å². The van der Waals surface area contributed by atoms with Gasteiger partial charge in [0.05, 0.1) is 18.1 Å². The molecule has 1 N–H and O–H groups in total. The van der Waals surface area contributed by atoms with Crippen molar-refractivity contribution in [1.29, 1.82) is 0 Å². The molecule has 1 aromatic heterocycles. The fraction of sp³-hybridized carbons (Fsp3) is 0.667. The van der Waals surface area contributed by atoms with Gasteiger partial charge < -0.3 is 15.1 Å². The van der Waals surface area contributed by atoms with Crippen molar-refractivity contribution in [2.24, 2.45) is 0 Å². The molecule has 1 aromatic rings. The van der Waals surface area contributed by atoms with Gasteiger partial charge in [0.25, 0.3) is 0 Å². The van der Waals surface area contributed by atoms with E-state index in [1.807, 2.05) is 19.4 Å². The highest BCUT2D eigenvalue weighted by atomic mass is 15.3. The topological polar surface area (TPSA) is 44.3 Å². The first-order valence-electron chi connectivity index (χ1n) is 6.11. The summed E-state index contributed by atoms with van der Waals surface area (Å²) in [6, 6.07) is 0.498. The van der Waals surface area contributed by atoms with E-state index in [-0.39, 0.29) is 0 Å². The van der Waals surface area contributed by atoms with Crippen molar-refractivity contribution in [3.8, 4) is 0 Å². The largest absolute Gasteiger partial charge is 0.350 e. The molecule has 1 fully saturated rings. The molecular formula is C12H21N5. The summed E-state index contributed by atoms with van der Waals surface area (Å²) in [4.78, 5) is 13.6. The first-order chi connectivity index (χ1) is 8.20. The van der Waals surface area contributed by atoms with Gasteiger partial charge in [0.2, 0.25) is 0 Å². The van der Waals surface area contributed by atoms with Crippen LogP contribution in [0.15, 0.2) is 12.4 Å². The van der Waals surface area contributed by atoms with Crippen molar-refractivity contribution < 1.29 is 0 Å². The molecule has 1 atom stereocenters. The summed E-state index contributed by atoms with van der Waals surface area (Å²) in [7, 11) is 4.08. The van der Waals surface area contributed by atoms with Crippen LogP contribution >= 0.6 is 0 Å². The molecule has 1 saturated heterocycles. The van der Waals surface area contributed by atoms with Gasteiger partial charge in [-0.15, -0.1) is 0 Å². The number of aromatic nitrogens is 2. The molecule has 0 aromatic carbocycles. The zero-order chi connectivity index (χ0) is 12.3. The lowest BCUT2D eigenvalue weighted by molar-refractivity contribution is 0.274. The maximum absolute atomic E-state index is 4.50. The quantitative estimate of drug-likeness (QED) is 0.818. The Morgan fingerprint density at radius 2 is 2.18 bits per heavy atom. The van der Waals surface area contributed by atoms with E-state index in [4.69, 9.17) is 0 Å². The standard InChI is InChI=1S/C12H21N5/c1-10-9-16(3)4-5-17(10)12-8-14-11(6-13-2)7-15-12/h7-8,10,13H,4-6,9H2,1-3H3. The Morgan fingerprint density at radius 1 is 1.35 bits per heavy atom. The van der Waals surface area contributed by atoms with Gasteiger partial charge in [0, 0.05) is 32.2 Å². The summed E-state index contributed by atoms with van der Waals surface area (Å²) in [5.74, 6) is 0.991. The van der Waals surface area contributed by atoms with Crippen LogP contribution in [0, 0.1) is 0 Å². The van der Waals surface area contributed by atoms with Crippen molar-refractivity contribution in [2.45, 2.75) is 19.5 Å². The molecule has 17 heavy (non-hydrogen) atoms. The summed E-state index contributed by atoms with van der Waals surface area (Å²) < 4.78 is 0. The van der Waals surface area contributed by atoms with E-state index >= 15 is 0 Å². The van der Waals surface area contributed by atoms with E-state index < -0.39 is 0 Å². The van der Waals surface area contributed by atoms with Crippen LogP contribution < -0.4 is 10.2 Å². The van der Waals surface area contributed by atoms with Crippen LogP contribution in [-0.4, -0.2) is 54.6 Å². The molecular weight excluding hydrogens is 214 g/mol. The minimum Gasteiger partial charge on any atom is -0.350 e. The third-order valence-corrected chi connectivity index (χ3v) is 3.17. The highest BCUT2D eigenvalue weighted by molar-refractivity contribution is 5.38. The van der Waals surface area contributed by atoms with Crippen LogP contribution in [0.25, 0.3) is 0 Å². The minimum absolute atomic E-state index is 0.498. The van der Waals surface area contributed by atoms with Crippen molar-refractivity contribution in [3.05, 3.63) is 18.1 Å². The second kappa shape index (κ2) is 5.42. The first-order valence-corrected chi connectivity index (χ1v) is 6.11. The van der Waals surface area contributed by atoms with Crippen LogP contribution in [0.5, 0.6) is 0 Å². The van der Waals surface area contributed by atoms with Gasteiger partial charge in [-0.25, -0.2) is 4.98 Å². The fourth-order valence-corrected chi connectivity index (χ4v) is 2.25. The maximum Gasteiger partial charge on any atom is 0.147 e. The maximum atomic E-state index is 4.50. The first kappa shape index (κ1) is 12.3. The molecule has 5 nitrogen and oxygen atoms in total. The molecule has 0 aliphatic carbocycles. The summed E-state index contributed by atoms with van der Waals surface area (Å²) in [5.41, 5.74) is 0.984. The molecule has 2 heterocycles. The molecule has 0 spiro atoms. The number of rotatable bonds is 3. The van der Waals surface area contributed by atoms with E-state index in [1.54, 1.807) is 0 Å². The lowest BCUT2D eigenvalue weighted by Crippen LogP contribution is -2.50. The van der Waals surface area contributed by atoms with Gasteiger partial charge in [-0.3, -0.25) is 4.98 Å². The SMILES string of the molecule is CNCc1cnc(N2CCN(C)CC2C)cn1. The Bertz CT molecular complexity index is 350. The van der Waals surface area contributed by atoms with Gasteiger partial charge in [-0.2, -0.15) is 0 Å². The highest BCUT2D eigenvalue weighted by Crippen LogP contribution is 2.16. The fourth-order valence-electron chi connectivity index (χ4n) is 2.25. The second-order valence-corrected chi connectivity index (χ2v) is 4.70. The smallest absolute Gasteiger partial charge is 0.147 e. The van der Waals surface area contributed by atoms with Crippen LogP contribution in [-0.2, 0) is 6.54 Å². The Hall–Kier alpha value is -1.20. The molecule has 0 radical (unpaired) electrons. The van der Waals surface area contributed by atoms with Crippen molar-refractivity contribution >= 4 is 5.82 Å². The minimum atomic E-state index is 0.498. The summed E-state index contributed by atoms with van der Waals surface area (Å²) >= 11 is 0. The summed E-state index contributed by atoms with van der Waals surface area (Å²) in [6.07, 6.45) is 3.74. The van der Waals surface area contributed by atoms with Gasteiger partial charge in [-0.1, -0.05) is 0 Å². The van der Waals surface area contributed by atoms with Gasteiger partial charge in [0.1, 0.15) is 5.82 Å². The lowest BCUT2D eigenvalue weighted by Gasteiger charge is -2.38. The molecule has 1 unspecified atom stereocenters. The normalized spacial score (nSPS) is 21.8. The molecule has 94 valence electrons. The number of nitrogens with zero attached hydrogens (tertiary/aromatic N) is 4. The zero-order valence-corrected chi connectivity index (χ0v) is 10.8. The Kier molecular flexibility index (Phi) is 3.91. The molecule has 5 heteroatoms. The number of hydrogen-bond donors (Lipinski definition) is 1. The van der Waals surface area contributed by atoms with E-state index in [9.17, 15) is 0 Å². The van der Waals surface area contributed by atoms with Crippen LogP contribution in [0.4, 0.5) is 5.82 Å². The molecule has 0 bridgehead atoms.